The quantitative estimate of drug-likeness (QED) is 0.801. The van der Waals surface area contributed by atoms with Crippen LogP contribution in [0.2, 0.25) is 0 Å². The van der Waals surface area contributed by atoms with E-state index in [0.29, 0.717) is 5.69 Å². The molecule has 22 heavy (non-hydrogen) atoms. The monoisotopic (exact) mass is 301 g/mol. The van der Waals surface area contributed by atoms with Crippen LogP contribution in [0.15, 0.2) is 36.4 Å². The zero-order chi connectivity index (χ0) is 15.9. The topological polar surface area (TPSA) is 84.1 Å². The number of hydrogen-bond donors (Lipinski definition) is 2. The molecule has 0 unspecified atom stereocenters. The highest BCUT2D eigenvalue weighted by Gasteiger charge is 2.14. The average Bonchev–Trinajstić information content (AvgIpc) is 3.03. The molecule has 1 amide bonds. The molecule has 0 bridgehead atoms. The fourth-order valence-corrected chi connectivity index (χ4v) is 1.81. The number of amides is 1. The van der Waals surface area contributed by atoms with Crippen LogP contribution in [-0.4, -0.2) is 34.7 Å². The minimum Gasteiger partial charge on any atom is -0.451 e. The van der Waals surface area contributed by atoms with Gasteiger partial charge in [-0.25, -0.2) is 4.79 Å². The molecule has 1 heterocycles. The lowest BCUT2D eigenvalue weighted by Crippen LogP contribution is -2.35. The van der Waals surface area contributed by atoms with Gasteiger partial charge in [-0.3, -0.25) is 9.89 Å². The summed E-state index contributed by atoms with van der Waals surface area (Å²) in [5.41, 5.74) is 1.76. The number of aromatic nitrogens is 2. The van der Waals surface area contributed by atoms with Crippen LogP contribution in [0, 0.1) is 0 Å². The lowest BCUT2D eigenvalue weighted by Gasteiger charge is -2.10. The first-order valence-electron chi connectivity index (χ1n) is 7.17. The van der Waals surface area contributed by atoms with Gasteiger partial charge in [-0.15, -0.1) is 0 Å². The first-order valence-corrected chi connectivity index (χ1v) is 7.17. The highest BCUT2D eigenvalue weighted by molar-refractivity contribution is 5.90. The van der Waals surface area contributed by atoms with Gasteiger partial charge in [0.2, 0.25) is 0 Å². The zero-order valence-corrected chi connectivity index (χ0v) is 12.6. The number of nitrogens with zero attached hydrogens (tertiary/aromatic N) is 1. The van der Waals surface area contributed by atoms with Crippen LogP contribution in [0.1, 0.15) is 30.8 Å². The van der Waals surface area contributed by atoms with E-state index in [1.54, 1.807) is 6.07 Å². The van der Waals surface area contributed by atoms with Crippen LogP contribution in [0.4, 0.5) is 0 Å². The fourth-order valence-electron chi connectivity index (χ4n) is 1.81. The van der Waals surface area contributed by atoms with E-state index in [9.17, 15) is 9.59 Å². The third-order valence-corrected chi connectivity index (χ3v) is 3.22. The second kappa shape index (κ2) is 7.40. The third kappa shape index (κ3) is 4.18. The Balaban J connectivity index is 1.91. The fraction of sp³-hybridized carbons (Fsp3) is 0.312. The molecule has 2 N–H and O–H groups in total. The van der Waals surface area contributed by atoms with Crippen molar-refractivity contribution in [3.8, 4) is 11.3 Å². The Hall–Kier alpha value is -2.63. The standard InChI is InChI=1S/C16H19N3O3/c1-3-11(2)17-15(20)10-22-16(21)14-9-13(18-19-14)12-7-5-4-6-8-12/h4-9,11H,3,10H2,1-2H3,(H,17,20)(H,18,19)/t11-/m0/s1. The summed E-state index contributed by atoms with van der Waals surface area (Å²) in [6.07, 6.45) is 0.820. The van der Waals surface area contributed by atoms with Gasteiger partial charge in [0.25, 0.3) is 5.91 Å². The molecule has 0 aliphatic carbocycles. The molecule has 0 saturated carbocycles. The number of esters is 1. The van der Waals surface area contributed by atoms with Crippen molar-refractivity contribution in [3.05, 3.63) is 42.1 Å². The van der Waals surface area contributed by atoms with Crippen molar-refractivity contribution in [2.75, 3.05) is 6.61 Å². The molecule has 2 aromatic rings. The molecule has 0 spiro atoms. The number of benzene rings is 1. The van der Waals surface area contributed by atoms with Crippen LogP contribution < -0.4 is 5.32 Å². The molecule has 1 aromatic heterocycles. The average molecular weight is 301 g/mol. The normalized spacial score (nSPS) is 11.7. The highest BCUT2D eigenvalue weighted by atomic mass is 16.5. The van der Waals surface area contributed by atoms with Crippen molar-refractivity contribution >= 4 is 11.9 Å². The summed E-state index contributed by atoms with van der Waals surface area (Å²) in [6, 6.07) is 11.1. The minimum atomic E-state index is -0.603. The summed E-state index contributed by atoms with van der Waals surface area (Å²) < 4.78 is 4.96. The van der Waals surface area contributed by atoms with Gasteiger partial charge < -0.3 is 10.1 Å². The van der Waals surface area contributed by atoms with Gasteiger partial charge in [0.15, 0.2) is 6.61 Å². The third-order valence-electron chi connectivity index (χ3n) is 3.22. The number of rotatable bonds is 6. The number of carbonyl (C=O) groups excluding carboxylic acids is 2. The van der Waals surface area contributed by atoms with E-state index in [2.05, 4.69) is 15.5 Å². The van der Waals surface area contributed by atoms with E-state index in [-0.39, 0.29) is 24.2 Å². The molecule has 1 atom stereocenters. The summed E-state index contributed by atoms with van der Waals surface area (Å²) in [6.45, 7) is 3.55. The molecule has 0 aliphatic rings. The molecule has 1 aromatic carbocycles. The molecule has 116 valence electrons. The summed E-state index contributed by atoms with van der Waals surface area (Å²) in [5.74, 6) is -0.917. The smallest absolute Gasteiger partial charge is 0.356 e. The first kappa shape index (κ1) is 15.8. The number of ether oxygens (including phenoxy) is 1. The van der Waals surface area contributed by atoms with Crippen molar-refractivity contribution in [1.82, 2.24) is 15.5 Å². The Morgan fingerprint density at radius 1 is 1.32 bits per heavy atom. The van der Waals surface area contributed by atoms with Gasteiger partial charge in [0.1, 0.15) is 5.69 Å². The van der Waals surface area contributed by atoms with Crippen LogP contribution in [0.5, 0.6) is 0 Å². The van der Waals surface area contributed by atoms with Gasteiger partial charge >= 0.3 is 5.97 Å². The molecular weight excluding hydrogens is 282 g/mol. The lowest BCUT2D eigenvalue weighted by molar-refractivity contribution is -0.124. The second-order valence-electron chi connectivity index (χ2n) is 4.99. The summed E-state index contributed by atoms with van der Waals surface area (Å²) in [7, 11) is 0. The van der Waals surface area contributed by atoms with Gasteiger partial charge in [-0.2, -0.15) is 5.10 Å². The number of H-pyrrole nitrogens is 1. The lowest BCUT2D eigenvalue weighted by atomic mass is 10.1. The van der Waals surface area contributed by atoms with Gasteiger partial charge in [0.05, 0.1) is 5.69 Å². The summed E-state index contributed by atoms with van der Waals surface area (Å²) >= 11 is 0. The van der Waals surface area contributed by atoms with Crippen LogP contribution in [0.3, 0.4) is 0 Å². The van der Waals surface area contributed by atoms with E-state index in [1.165, 1.54) is 0 Å². The number of nitrogens with one attached hydrogen (secondary N) is 2. The molecule has 0 fully saturated rings. The van der Waals surface area contributed by atoms with E-state index < -0.39 is 5.97 Å². The summed E-state index contributed by atoms with van der Waals surface area (Å²) in [4.78, 5) is 23.4. The molecule has 0 aliphatic heterocycles. The highest BCUT2D eigenvalue weighted by Crippen LogP contribution is 2.17. The van der Waals surface area contributed by atoms with Gasteiger partial charge in [-0.1, -0.05) is 37.3 Å². The maximum absolute atomic E-state index is 11.9. The SMILES string of the molecule is CC[C@H](C)NC(=O)COC(=O)c1cc(-c2ccccc2)n[nH]1. The molecule has 2 rings (SSSR count). The van der Waals surface area contributed by atoms with Gasteiger partial charge in [-0.05, 0) is 19.4 Å². The maximum atomic E-state index is 11.9. The second-order valence-corrected chi connectivity index (χ2v) is 4.99. The zero-order valence-electron chi connectivity index (χ0n) is 12.6. The first-order chi connectivity index (χ1) is 10.6. The van der Waals surface area contributed by atoms with Gasteiger partial charge in [0, 0.05) is 11.6 Å². The van der Waals surface area contributed by atoms with E-state index in [4.69, 9.17) is 4.74 Å². The van der Waals surface area contributed by atoms with Crippen molar-refractivity contribution < 1.29 is 14.3 Å². The molecular formula is C16H19N3O3. The number of carbonyl (C=O) groups is 2. The number of hydrogen-bond acceptors (Lipinski definition) is 4. The van der Waals surface area contributed by atoms with Crippen molar-refractivity contribution in [2.45, 2.75) is 26.3 Å². The van der Waals surface area contributed by atoms with Crippen LogP contribution in [-0.2, 0) is 9.53 Å². The molecule has 0 radical (unpaired) electrons. The molecule has 6 heteroatoms. The van der Waals surface area contributed by atoms with E-state index in [1.807, 2.05) is 44.2 Å². The minimum absolute atomic E-state index is 0.0584. The van der Waals surface area contributed by atoms with Crippen LogP contribution >= 0.6 is 0 Å². The van der Waals surface area contributed by atoms with E-state index in [0.717, 1.165) is 12.0 Å². The van der Waals surface area contributed by atoms with Crippen molar-refractivity contribution in [2.24, 2.45) is 0 Å². The Morgan fingerprint density at radius 2 is 2.05 bits per heavy atom. The Bertz CT molecular complexity index is 637. The van der Waals surface area contributed by atoms with Crippen molar-refractivity contribution in [3.63, 3.8) is 0 Å². The Kier molecular flexibility index (Phi) is 5.30. The summed E-state index contributed by atoms with van der Waals surface area (Å²) in [5, 5.41) is 9.42. The predicted molar refractivity (Wildman–Crippen MR) is 82.2 cm³/mol. The van der Waals surface area contributed by atoms with Crippen LogP contribution in [0.25, 0.3) is 11.3 Å². The largest absolute Gasteiger partial charge is 0.451 e. The Labute approximate surface area is 128 Å². The van der Waals surface area contributed by atoms with Crippen molar-refractivity contribution in [1.29, 1.82) is 0 Å². The predicted octanol–water partition coefficient (Wildman–Crippen LogP) is 2.15. The van der Waals surface area contributed by atoms with E-state index >= 15 is 0 Å². The number of aromatic amines is 1. The Morgan fingerprint density at radius 3 is 2.73 bits per heavy atom. The molecule has 0 saturated heterocycles. The molecule has 6 nitrogen and oxygen atoms in total. The maximum Gasteiger partial charge on any atom is 0.356 e.